The minimum atomic E-state index is 0.801. The third-order valence-electron chi connectivity index (χ3n) is 1.85. The molecule has 0 radical (unpaired) electrons. The van der Waals surface area contributed by atoms with Crippen LogP contribution in [0.15, 0.2) is 12.1 Å². The molecule has 0 fully saturated rings. The zero-order valence-corrected chi connectivity index (χ0v) is 6.52. The van der Waals surface area contributed by atoms with Crippen molar-refractivity contribution in [1.82, 2.24) is 4.98 Å². The van der Waals surface area contributed by atoms with Crippen LogP contribution >= 0.6 is 0 Å². The molecule has 0 bridgehead atoms. The summed E-state index contributed by atoms with van der Waals surface area (Å²) >= 11 is 0. The van der Waals surface area contributed by atoms with Gasteiger partial charge in [0, 0.05) is 5.69 Å². The van der Waals surface area contributed by atoms with E-state index in [4.69, 9.17) is 0 Å². The van der Waals surface area contributed by atoms with Crippen molar-refractivity contribution in [2.75, 3.05) is 17.3 Å². The SMILES string of the molecule is CCc1ccc2c(n1)NCN2. The molecule has 0 saturated heterocycles. The van der Waals surface area contributed by atoms with Gasteiger partial charge in [-0.1, -0.05) is 6.92 Å². The van der Waals surface area contributed by atoms with Crippen LogP contribution in [-0.4, -0.2) is 11.7 Å². The van der Waals surface area contributed by atoms with Crippen molar-refractivity contribution in [3.05, 3.63) is 17.8 Å². The van der Waals surface area contributed by atoms with Gasteiger partial charge >= 0.3 is 0 Å². The molecule has 1 aliphatic rings. The van der Waals surface area contributed by atoms with Crippen molar-refractivity contribution in [2.45, 2.75) is 13.3 Å². The highest BCUT2D eigenvalue weighted by Crippen LogP contribution is 2.23. The van der Waals surface area contributed by atoms with Crippen LogP contribution in [0.3, 0.4) is 0 Å². The fourth-order valence-corrected chi connectivity index (χ4v) is 1.20. The third-order valence-corrected chi connectivity index (χ3v) is 1.85. The van der Waals surface area contributed by atoms with Gasteiger partial charge in [-0.25, -0.2) is 4.98 Å². The van der Waals surface area contributed by atoms with Crippen molar-refractivity contribution in [1.29, 1.82) is 0 Å². The number of fused-ring (bicyclic) bond motifs is 1. The molecule has 0 atom stereocenters. The Morgan fingerprint density at radius 2 is 2.36 bits per heavy atom. The number of nitrogens with one attached hydrogen (secondary N) is 2. The van der Waals surface area contributed by atoms with Gasteiger partial charge in [-0.05, 0) is 18.6 Å². The molecule has 0 amide bonds. The number of pyridine rings is 1. The molecule has 1 aliphatic heterocycles. The van der Waals surface area contributed by atoms with Gasteiger partial charge in [0.1, 0.15) is 0 Å². The number of aromatic nitrogens is 1. The molecular formula is C8H11N3. The normalized spacial score (nSPS) is 13.5. The lowest BCUT2D eigenvalue weighted by molar-refractivity contribution is 1.04. The molecule has 1 aromatic heterocycles. The molecule has 2 heterocycles. The summed E-state index contributed by atoms with van der Waals surface area (Å²) in [6, 6.07) is 4.12. The average molecular weight is 149 g/mol. The van der Waals surface area contributed by atoms with Gasteiger partial charge in [0.25, 0.3) is 0 Å². The van der Waals surface area contributed by atoms with E-state index in [2.05, 4.69) is 34.7 Å². The van der Waals surface area contributed by atoms with Gasteiger partial charge in [0.2, 0.25) is 0 Å². The molecular weight excluding hydrogens is 138 g/mol. The fourth-order valence-electron chi connectivity index (χ4n) is 1.20. The summed E-state index contributed by atoms with van der Waals surface area (Å²) < 4.78 is 0. The van der Waals surface area contributed by atoms with E-state index in [0.717, 1.165) is 30.3 Å². The van der Waals surface area contributed by atoms with E-state index in [1.807, 2.05) is 0 Å². The van der Waals surface area contributed by atoms with Crippen molar-refractivity contribution in [3.8, 4) is 0 Å². The van der Waals surface area contributed by atoms with Crippen LogP contribution in [0.25, 0.3) is 0 Å². The van der Waals surface area contributed by atoms with Crippen LogP contribution in [0.2, 0.25) is 0 Å². The summed E-state index contributed by atoms with van der Waals surface area (Å²) in [6.07, 6.45) is 0.995. The fraction of sp³-hybridized carbons (Fsp3) is 0.375. The summed E-state index contributed by atoms with van der Waals surface area (Å²) in [5.74, 6) is 0.990. The number of hydrogen-bond donors (Lipinski definition) is 2. The van der Waals surface area contributed by atoms with E-state index in [1.54, 1.807) is 0 Å². The maximum absolute atomic E-state index is 4.40. The second-order valence-corrected chi connectivity index (χ2v) is 2.58. The summed E-state index contributed by atoms with van der Waals surface area (Å²) in [7, 11) is 0. The minimum absolute atomic E-state index is 0.801. The first kappa shape index (κ1) is 6.46. The van der Waals surface area contributed by atoms with E-state index in [-0.39, 0.29) is 0 Å². The summed E-state index contributed by atoms with van der Waals surface area (Å²) in [6.45, 7) is 2.91. The molecule has 0 aromatic carbocycles. The van der Waals surface area contributed by atoms with Crippen LogP contribution in [0, 0.1) is 0 Å². The van der Waals surface area contributed by atoms with Crippen LogP contribution in [0.4, 0.5) is 11.5 Å². The molecule has 2 rings (SSSR count). The third kappa shape index (κ3) is 1.02. The first-order valence-electron chi connectivity index (χ1n) is 3.88. The van der Waals surface area contributed by atoms with Crippen molar-refractivity contribution < 1.29 is 0 Å². The summed E-state index contributed by atoms with van der Waals surface area (Å²) in [5, 5.41) is 6.33. The Morgan fingerprint density at radius 1 is 1.45 bits per heavy atom. The minimum Gasteiger partial charge on any atom is -0.365 e. The molecule has 2 N–H and O–H groups in total. The topological polar surface area (TPSA) is 37.0 Å². The van der Waals surface area contributed by atoms with Gasteiger partial charge < -0.3 is 10.6 Å². The zero-order chi connectivity index (χ0) is 7.68. The molecule has 58 valence electrons. The average Bonchev–Trinajstić information content (AvgIpc) is 2.50. The molecule has 0 unspecified atom stereocenters. The zero-order valence-electron chi connectivity index (χ0n) is 6.52. The van der Waals surface area contributed by atoms with Crippen molar-refractivity contribution in [3.63, 3.8) is 0 Å². The number of nitrogens with zero attached hydrogens (tertiary/aromatic N) is 1. The van der Waals surface area contributed by atoms with Gasteiger partial charge in [-0.15, -0.1) is 0 Å². The molecule has 11 heavy (non-hydrogen) atoms. The molecule has 0 saturated carbocycles. The van der Waals surface area contributed by atoms with Gasteiger partial charge in [-0.2, -0.15) is 0 Å². The standard InChI is InChI=1S/C8H11N3/c1-2-6-3-4-7-8(11-6)10-5-9-7/h3-4,9H,2,5H2,1H3,(H,10,11). The Labute approximate surface area is 65.8 Å². The predicted octanol–water partition coefficient (Wildman–Crippen LogP) is 1.44. The second kappa shape index (κ2) is 2.42. The smallest absolute Gasteiger partial charge is 0.151 e. The van der Waals surface area contributed by atoms with E-state index in [1.165, 1.54) is 0 Å². The Bertz CT molecular complexity index is 270. The van der Waals surface area contributed by atoms with E-state index >= 15 is 0 Å². The highest BCUT2D eigenvalue weighted by Gasteiger charge is 2.09. The monoisotopic (exact) mass is 149 g/mol. The Morgan fingerprint density at radius 3 is 3.18 bits per heavy atom. The largest absolute Gasteiger partial charge is 0.365 e. The lowest BCUT2D eigenvalue weighted by atomic mass is 10.3. The number of hydrogen-bond acceptors (Lipinski definition) is 3. The number of rotatable bonds is 1. The molecule has 0 spiro atoms. The van der Waals surface area contributed by atoms with Crippen LogP contribution in [0.1, 0.15) is 12.6 Å². The van der Waals surface area contributed by atoms with Crippen molar-refractivity contribution in [2.24, 2.45) is 0 Å². The molecule has 0 aliphatic carbocycles. The molecule has 1 aromatic rings. The first-order valence-corrected chi connectivity index (χ1v) is 3.88. The van der Waals surface area contributed by atoms with Crippen molar-refractivity contribution >= 4 is 11.5 Å². The Balaban J connectivity index is 2.41. The summed E-state index contributed by atoms with van der Waals surface area (Å²) in [5.41, 5.74) is 2.25. The van der Waals surface area contributed by atoms with Crippen LogP contribution < -0.4 is 10.6 Å². The quantitative estimate of drug-likeness (QED) is 0.634. The second-order valence-electron chi connectivity index (χ2n) is 2.58. The van der Waals surface area contributed by atoms with Gasteiger partial charge in [-0.3, -0.25) is 0 Å². The van der Waals surface area contributed by atoms with Crippen LogP contribution in [-0.2, 0) is 6.42 Å². The Kier molecular flexibility index (Phi) is 1.42. The van der Waals surface area contributed by atoms with E-state index in [0.29, 0.717) is 0 Å². The van der Waals surface area contributed by atoms with Gasteiger partial charge in [0.05, 0.1) is 12.4 Å². The molecule has 3 nitrogen and oxygen atoms in total. The molecule has 3 heteroatoms. The highest BCUT2D eigenvalue weighted by molar-refractivity contribution is 5.68. The lowest BCUT2D eigenvalue weighted by Crippen LogP contribution is -1.99. The first-order chi connectivity index (χ1) is 5.40. The maximum Gasteiger partial charge on any atom is 0.151 e. The summed E-state index contributed by atoms with van der Waals surface area (Å²) in [4.78, 5) is 4.40. The lowest BCUT2D eigenvalue weighted by Gasteiger charge is -1.99. The predicted molar refractivity (Wildman–Crippen MR) is 45.7 cm³/mol. The number of aryl methyl sites for hydroxylation is 1. The number of anilines is 2. The Hall–Kier alpha value is -1.25. The van der Waals surface area contributed by atoms with Crippen LogP contribution in [0.5, 0.6) is 0 Å². The van der Waals surface area contributed by atoms with E-state index < -0.39 is 0 Å². The maximum atomic E-state index is 4.40. The van der Waals surface area contributed by atoms with E-state index in [9.17, 15) is 0 Å². The van der Waals surface area contributed by atoms with Gasteiger partial charge in [0.15, 0.2) is 5.82 Å². The highest BCUT2D eigenvalue weighted by atomic mass is 15.2.